The number of carbonyl (C=O) groups excluding carboxylic acids is 1. The molecule has 1 aliphatic rings. The van der Waals surface area contributed by atoms with E-state index in [0.717, 1.165) is 39.1 Å². The van der Waals surface area contributed by atoms with Crippen LogP contribution in [0.15, 0.2) is 18.5 Å². The lowest BCUT2D eigenvalue weighted by atomic mass is 10.2. The number of pyridine rings is 1. The van der Waals surface area contributed by atoms with Gasteiger partial charge < -0.3 is 20.3 Å². The molecule has 6 heteroatoms. The Morgan fingerprint density at radius 2 is 2.25 bits per heavy atom. The number of nitrogens with two attached hydrogens (primary N) is 1. The topological polar surface area (TPSA) is 71.7 Å². The number of hydrogen-bond donors (Lipinski definition) is 1. The van der Waals surface area contributed by atoms with Gasteiger partial charge in [0.1, 0.15) is 5.75 Å². The summed E-state index contributed by atoms with van der Waals surface area (Å²) in [5.41, 5.74) is 6.17. The first kappa shape index (κ1) is 14.7. The molecule has 1 amide bonds. The molecule has 0 bridgehead atoms. The molecule has 0 unspecified atom stereocenters. The van der Waals surface area contributed by atoms with Crippen LogP contribution in [-0.2, 0) is 0 Å². The third kappa shape index (κ3) is 3.46. The van der Waals surface area contributed by atoms with Gasteiger partial charge in [-0.3, -0.25) is 9.78 Å². The van der Waals surface area contributed by atoms with Crippen LogP contribution >= 0.6 is 0 Å². The normalized spacial score (nSPS) is 16.8. The zero-order chi connectivity index (χ0) is 14.4. The van der Waals surface area contributed by atoms with Crippen LogP contribution in [0, 0.1) is 0 Å². The predicted octanol–water partition coefficient (Wildman–Crippen LogP) is 0.197. The van der Waals surface area contributed by atoms with Crippen LogP contribution in [0.2, 0.25) is 0 Å². The van der Waals surface area contributed by atoms with Gasteiger partial charge in [0.2, 0.25) is 0 Å². The minimum Gasteiger partial charge on any atom is -0.494 e. The highest BCUT2D eigenvalue weighted by Crippen LogP contribution is 2.18. The van der Waals surface area contributed by atoms with Crippen LogP contribution in [0.5, 0.6) is 5.75 Å². The van der Waals surface area contributed by atoms with Gasteiger partial charge in [0, 0.05) is 38.9 Å². The van der Waals surface area contributed by atoms with E-state index in [1.54, 1.807) is 25.6 Å². The number of amides is 1. The Labute approximate surface area is 119 Å². The molecule has 1 fully saturated rings. The van der Waals surface area contributed by atoms with E-state index < -0.39 is 0 Å². The number of ether oxygens (including phenoxy) is 1. The molecule has 1 aromatic heterocycles. The average molecular weight is 278 g/mol. The minimum atomic E-state index is 0.0128. The Hall–Kier alpha value is -1.66. The fourth-order valence-corrected chi connectivity index (χ4v) is 2.47. The van der Waals surface area contributed by atoms with Crippen LogP contribution in [0.4, 0.5) is 0 Å². The number of carbonyl (C=O) groups is 1. The third-order valence-corrected chi connectivity index (χ3v) is 3.56. The molecule has 20 heavy (non-hydrogen) atoms. The van der Waals surface area contributed by atoms with Crippen molar-refractivity contribution >= 4 is 5.91 Å². The summed E-state index contributed by atoms with van der Waals surface area (Å²) in [6, 6.07) is 1.71. The quantitative estimate of drug-likeness (QED) is 0.851. The fourth-order valence-electron chi connectivity index (χ4n) is 2.47. The summed E-state index contributed by atoms with van der Waals surface area (Å²) < 4.78 is 5.21. The molecule has 1 aromatic rings. The minimum absolute atomic E-state index is 0.0128. The lowest BCUT2D eigenvalue weighted by Crippen LogP contribution is -2.36. The van der Waals surface area contributed by atoms with Crippen LogP contribution in [0.25, 0.3) is 0 Å². The first-order valence-electron chi connectivity index (χ1n) is 6.96. The lowest BCUT2D eigenvalue weighted by molar-refractivity contribution is 0.0758. The molecular formula is C14H22N4O2. The number of methoxy groups -OCH3 is 1. The molecule has 6 nitrogen and oxygen atoms in total. The van der Waals surface area contributed by atoms with Crippen LogP contribution in [0.1, 0.15) is 16.8 Å². The van der Waals surface area contributed by atoms with Crippen LogP contribution in [0.3, 0.4) is 0 Å². The van der Waals surface area contributed by atoms with Gasteiger partial charge in [-0.2, -0.15) is 0 Å². The standard InChI is InChI=1S/C14H22N4O2/c1-20-13-11-16-5-3-12(13)14(19)18-7-2-6-17(8-4-15)9-10-18/h3,5,11H,2,4,6-10,15H2,1H3. The van der Waals surface area contributed by atoms with Crippen molar-refractivity contribution in [2.75, 3.05) is 46.4 Å². The monoisotopic (exact) mass is 278 g/mol. The predicted molar refractivity (Wildman–Crippen MR) is 76.8 cm³/mol. The maximum absolute atomic E-state index is 12.6. The van der Waals surface area contributed by atoms with Crippen molar-refractivity contribution in [3.63, 3.8) is 0 Å². The summed E-state index contributed by atoms with van der Waals surface area (Å²) in [6.45, 7) is 4.91. The number of nitrogens with zero attached hydrogens (tertiary/aromatic N) is 3. The Morgan fingerprint density at radius 1 is 1.40 bits per heavy atom. The zero-order valence-electron chi connectivity index (χ0n) is 11.9. The van der Waals surface area contributed by atoms with Gasteiger partial charge >= 0.3 is 0 Å². The molecule has 2 rings (SSSR count). The molecule has 0 spiro atoms. The second-order valence-corrected chi connectivity index (χ2v) is 4.85. The van der Waals surface area contributed by atoms with Gasteiger partial charge in [-0.05, 0) is 19.0 Å². The van der Waals surface area contributed by atoms with Gasteiger partial charge in [0.25, 0.3) is 5.91 Å². The van der Waals surface area contributed by atoms with Gasteiger partial charge in [0.15, 0.2) is 0 Å². The summed E-state index contributed by atoms with van der Waals surface area (Å²) in [6.07, 6.45) is 4.17. The first-order chi connectivity index (χ1) is 9.76. The second kappa shape index (κ2) is 7.21. The Balaban J connectivity index is 2.05. The second-order valence-electron chi connectivity index (χ2n) is 4.85. The largest absolute Gasteiger partial charge is 0.494 e. The summed E-state index contributed by atoms with van der Waals surface area (Å²) in [5, 5.41) is 0. The zero-order valence-corrected chi connectivity index (χ0v) is 11.9. The highest BCUT2D eigenvalue weighted by molar-refractivity contribution is 5.96. The highest BCUT2D eigenvalue weighted by Gasteiger charge is 2.22. The Kier molecular flexibility index (Phi) is 5.31. The molecule has 1 aliphatic heterocycles. The lowest BCUT2D eigenvalue weighted by Gasteiger charge is -2.22. The molecule has 110 valence electrons. The fraction of sp³-hybridized carbons (Fsp3) is 0.571. The van der Waals surface area contributed by atoms with E-state index in [0.29, 0.717) is 17.9 Å². The molecular weight excluding hydrogens is 256 g/mol. The number of hydrogen-bond acceptors (Lipinski definition) is 5. The molecule has 0 atom stereocenters. The van der Waals surface area contributed by atoms with Crippen molar-refractivity contribution in [1.29, 1.82) is 0 Å². The van der Waals surface area contributed by atoms with Gasteiger partial charge in [0.05, 0.1) is 18.9 Å². The summed E-state index contributed by atoms with van der Waals surface area (Å²) in [4.78, 5) is 20.7. The van der Waals surface area contributed by atoms with Crippen molar-refractivity contribution in [2.24, 2.45) is 5.73 Å². The highest BCUT2D eigenvalue weighted by atomic mass is 16.5. The third-order valence-electron chi connectivity index (χ3n) is 3.56. The Morgan fingerprint density at radius 3 is 3.00 bits per heavy atom. The van der Waals surface area contributed by atoms with E-state index in [-0.39, 0.29) is 5.91 Å². The van der Waals surface area contributed by atoms with E-state index in [4.69, 9.17) is 10.5 Å². The number of aromatic nitrogens is 1. The van der Waals surface area contributed by atoms with Crippen molar-refractivity contribution < 1.29 is 9.53 Å². The molecule has 2 heterocycles. The van der Waals surface area contributed by atoms with Gasteiger partial charge in [-0.25, -0.2) is 0 Å². The molecule has 0 aliphatic carbocycles. The SMILES string of the molecule is COc1cnccc1C(=O)N1CCCN(CCN)CC1. The molecule has 1 saturated heterocycles. The van der Waals surface area contributed by atoms with Crippen molar-refractivity contribution in [1.82, 2.24) is 14.8 Å². The maximum Gasteiger partial charge on any atom is 0.257 e. The van der Waals surface area contributed by atoms with Crippen LogP contribution in [-0.4, -0.2) is 67.1 Å². The van der Waals surface area contributed by atoms with E-state index in [1.165, 1.54) is 0 Å². The average Bonchev–Trinajstić information content (AvgIpc) is 2.72. The number of rotatable bonds is 4. The van der Waals surface area contributed by atoms with E-state index >= 15 is 0 Å². The summed E-state index contributed by atoms with van der Waals surface area (Å²) >= 11 is 0. The first-order valence-corrected chi connectivity index (χ1v) is 6.96. The maximum atomic E-state index is 12.6. The van der Waals surface area contributed by atoms with Crippen molar-refractivity contribution in [3.8, 4) is 5.75 Å². The van der Waals surface area contributed by atoms with Crippen molar-refractivity contribution in [2.45, 2.75) is 6.42 Å². The van der Waals surface area contributed by atoms with E-state index in [2.05, 4.69) is 9.88 Å². The summed E-state index contributed by atoms with van der Waals surface area (Å²) in [7, 11) is 1.55. The molecule has 2 N–H and O–H groups in total. The van der Waals surface area contributed by atoms with Gasteiger partial charge in [-0.1, -0.05) is 0 Å². The van der Waals surface area contributed by atoms with Crippen molar-refractivity contribution in [3.05, 3.63) is 24.0 Å². The van der Waals surface area contributed by atoms with E-state index in [1.807, 2.05) is 4.90 Å². The smallest absolute Gasteiger partial charge is 0.257 e. The Bertz CT molecular complexity index is 453. The van der Waals surface area contributed by atoms with Crippen LogP contribution < -0.4 is 10.5 Å². The van der Waals surface area contributed by atoms with E-state index in [9.17, 15) is 4.79 Å². The molecule has 0 saturated carbocycles. The molecule has 0 aromatic carbocycles. The molecule has 0 radical (unpaired) electrons. The summed E-state index contributed by atoms with van der Waals surface area (Å²) in [5.74, 6) is 0.541. The van der Waals surface area contributed by atoms with Gasteiger partial charge in [-0.15, -0.1) is 0 Å².